The van der Waals surface area contributed by atoms with Crippen molar-refractivity contribution in [3.8, 4) is 0 Å². The van der Waals surface area contributed by atoms with E-state index in [4.69, 9.17) is 15.3 Å². The van der Waals surface area contributed by atoms with Gasteiger partial charge in [-0.3, -0.25) is 0 Å². The van der Waals surface area contributed by atoms with Crippen LogP contribution in [0.3, 0.4) is 0 Å². The van der Waals surface area contributed by atoms with Gasteiger partial charge in [0.15, 0.2) is 0 Å². The van der Waals surface area contributed by atoms with E-state index in [1.165, 1.54) is 0 Å². The maximum absolute atomic E-state index is 8.36. The van der Waals surface area contributed by atoms with Crippen LogP contribution < -0.4 is 0 Å². The molecular weight excluding hydrogens is 143 g/mol. The van der Waals surface area contributed by atoms with Crippen molar-refractivity contribution in [1.29, 1.82) is 0 Å². The first-order chi connectivity index (χ1) is 4.06. The molecule has 0 aliphatic rings. The maximum Gasteiger partial charge on any atom is 0.275 e. The first kappa shape index (κ1) is 13.5. The van der Waals surface area contributed by atoms with E-state index in [9.17, 15) is 0 Å². The van der Waals surface area contributed by atoms with Crippen LogP contribution in [0.25, 0.3) is 0 Å². The predicted molar refractivity (Wildman–Crippen MR) is 39.3 cm³/mol. The van der Waals surface area contributed by atoms with Crippen molar-refractivity contribution in [2.45, 2.75) is 38.6 Å². The molecule has 0 amide bonds. The second kappa shape index (κ2) is 6.58. The van der Waals surface area contributed by atoms with Crippen LogP contribution in [0.5, 0.6) is 0 Å². The first-order valence-electron chi connectivity index (χ1n) is 3.23. The summed E-state index contributed by atoms with van der Waals surface area (Å²) in [5.74, 6) is -2.45. The third-order valence-corrected chi connectivity index (χ3v) is 1.12. The Morgan fingerprint density at radius 1 is 1.10 bits per heavy atom. The molecule has 0 bridgehead atoms. The molecule has 4 heteroatoms. The van der Waals surface area contributed by atoms with Crippen LogP contribution in [0.15, 0.2) is 0 Å². The maximum atomic E-state index is 8.36. The molecule has 0 aliphatic heterocycles. The summed E-state index contributed by atoms with van der Waals surface area (Å²) in [7, 11) is 0. The predicted octanol–water partition coefficient (Wildman–Crippen LogP) is -0.183. The molecule has 57 valence electrons. The minimum atomic E-state index is -2.45. The zero-order valence-corrected chi connectivity index (χ0v) is 8.67. The van der Waals surface area contributed by atoms with Gasteiger partial charge in [0.25, 0.3) is 5.97 Å². The van der Waals surface area contributed by atoms with E-state index in [-0.39, 0.29) is 36.0 Å². The largest absolute Gasteiger partial charge is 0.344 e. The van der Waals surface area contributed by atoms with Gasteiger partial charge in [-0.15, -0.1) is 0 Å². The zero-order valence-electron chi connectivity index (χ0n) is 6.67. The molecule has 0 fully saturated rings. The van der Waals surface area contributed by atoms with Crippen molar-refractivity contribution in [3.05, 3.63) is 0 Å². The Balaban J connectivity index is 0. The Kier molecular flexibility index (Phi) is 8.86. The van der Waals surface area contributed by atoms with E-state index >= 15 is 0 Å². The van der Waals surface area contributed by atoms with Crippen LogP contribution in [0, 0.1) is 0 Å². The molecule has 3 N–H and O–H groups in total. The fraction of sp³-hybridized carbons (Fsp3) is 1.00. The second-order valence-electron chi connectivity index (χ2n) is 2.23. The number of rotatable bonds is 4. The molecule has 1 radical (unpaired) electrons. The Morgan fingerprint density at radius 3 is 1.90 bits per heavy atom. The summed E-state index contributed by atoms with van der Waals surface area (Å²) < 4.78 is 0. The number of hydrogen-bond acceptors (Lipinski definition) is 3. The summed E-state index contributed by atoms with van der Waals surface area (Å²) in [5.41, 5.74) is 0. The van der Waals surface area contributed by atoms with Crippen molar-refractivity contribution >= 4 is 29.6 Å². The van der Waals surface area contributed by atoms with Crippen molar-refractivity contribution in [2.24, 2.45) is 0 Å². The standard InChI is InChI=1S/C6H14O3.Na/c1-2-3-4-5-6(7,8)9;/h7-9H,2-5H2,1H3;. The fourth-order valence-electron chi connectivity index (χ4n) is 0.612. The normalized spacial score (nSPS) is 10.8. The van der Waals surface area contributed by atoms with Crippen LogP contribution in [-0.2, 0) is 0 Å². The summed E-state index contributed by atoms with van der Waals surface area (Å²) >= 11 is 0. The van der Waals surface area contributed by atoms with Gasteiger partial charge in [-0.1, -0.05) is 19.8 Å². The van der Waals surface area contributed by atoms with Gasteiger partial charge in [0.2, 0.25) is 0 Å². The molecule has 0 aromatic carbocycles. The molecule has 10 heavy (non-hydrogen) atoms. The molecule has 0 spiro atoms. The molecule has 0 aromatic heterocycles. The van der Waals surface area contributed by atoms with E-state index in [2.05, 4.69) is 0 Å². The first-order valence-corrected chi connectivity index (χ1v) is 3.23. The summed E-state index contributed by atoms with van der Waals surface area (Å²) in [4.78, 5) is 0. The number of unbranched alkanes of at least 4 members (excludes halogenated alkanes) is 2. The van der Waals surface area contributed by atoms with Crippen molar-refractivity contribution in [3.63, 3.8) is 0 Å². The molecule has 0 rings (SSSR count). The average molecular weight is 157 g/mol. The van der Waals surface area contributed by atoms with Crippen molar-refractivity contribution in [2.75, 3.05) is 0 Å². The summed E-state index contributed by atoms with van der Waals surface area (Å²) in [6.45, 7) is 2.01. The minimum Gasteiger partial charge on any atom is -0.344 e. The zero-order chi connectivity index (χ0) is 7.33. The minimum absolute atomic E-state index is 0. The third kappa shape index (κ3) is 11.6. The van der Waals surface area contributed by atoms with Crippen molar-refractivity contribution in [1.82, 2.24) is 0 Å². The van der Waals surface area contributed by atoms with Gasteiger partial charge in [0.1, 0.15) is 0 Å². The van der Waals surface area contributed by atoms with Gasteiger partial charge in [-0.2, -0.15) is 0 Å². The molecular formula is C6H14NaO3. The van der Waals surface area contributed by atoms with Crippen molar-refractivity contribution < 1.29 is 15.3 Å². The molecule has 0 atom stereocenters. The second-order valence-corrected chi connectivity index (χ2v) is 2.23. The van der Waals surface area contributed by atoms with Crippen LogP contribution in [0.1, 0.15) is 32.6 Å². The molecule has 0 saturated heterocycles. The quantitative estimate of drug-likeness (QED) is 0.301. The Hall–Kier alpha value is 0.880. The Bertz CT molecular complexity index is 69.9. The summed E-state index contributed by atoms with van der Waals surface area (Å²) in [5, 5.41) is 25.1. The van der Waals surface area contributed by atoms with E-state index < -0.39 is 5.97 Å². The molecule has 3 nitrogen and oxygen atoms in total. The third-order valence-electron chi connectivity index (χ3n) is 1.12. The van der Waals surface area contributed by atoms with E-state index in [1.54, 1.807) is 0 Å². The van der Waals surface area contributed by atoms with Gasteiger partial charge in [-0.05, 0) is 6.42 Å². The van der Waals surface area contributed by atoms with Gasteiger partial charge >= 0.3 is 0 Å². The fourth-order valence-corrected chi connectivity index (χ4v) is 0.612. The summed E-state index contributed by atoms with van der Waals surface area (Å²) in [6.07, 6.45) is 2.63. The van der Waals surface area contributed by atoms with E-state index in [0.29, 0.717) is 6.42 Å². The van der Waals surface area contributed by atoms with Gasteiger partial charge in [-0.25, -0.2) is 0 Å². The monoisotopic (exact) mass is 157 g/mol. The molecule has 0 aliphatic carbocycles. The summed E-state index contributed by atoms with van der Waals surface area (Å²) in [6, 6.07) is 0. The van der Waals surface area contributed by atoms with E-state index in [0.717, 1.165) is 12.8 Å². The van der Waals surface area contributed by atoms with Crippen LogP contribution in [0.2, 0.25) is 0 Å². The smallest absolute Gasteiger partial charge is 0.275 e. The average Bonchev–Trinajstić information content (AvgIpc) is 1.63. The molecule has 0 heterocycles. The Morgan fingerprint density at radius 2 is 1.60 bits per heavy atom. The van der Waals surface area contributed by atoms with Gasteiger partial charge in [0, 0.05) is 36.0 Å². The number of aliphatic hydroxyl groups is 3. The van der Waals surface area contributed by atoms with Crippen LogP contribution >= 0.6 is 0 Å². The molecule has 0 saturated carbocycles. The van der Waals surface area contributed by atoms with E-state index in [1.807, 2.05) is 6.92 Å². The van der Waals surface area contributed by atoms with Crippen LogP contribution in [0.4, 0.5) is 0 Å². The van der Waals surface area contributed by atoms with Gasteiger partial charge in [0.05, 0.1) is 0 Å². The Labute approximate surface area is 83.4 Å². The topological polar surface area (TPSA) is 60.7 Å². The number of hydrogen-bond donors (Lipinski definition) is 3. The van der Waals surface area contributed by atoms with Gasteiger partial charge < -0.3 is 15.3 Å². The molecule has 0 unspecified atom stereocenters. The molecule has 0 aromatic rings. The SMILES string of the molecule is CCCCCC(O)(O)O.[Na]. The van der Waals surface area contributed by atoms with Crippen LogP contribution in [-0.4, -0.2) is 50.9 Å².